The van der Waals surface area contributed by atoms with Gasteiger partial charge < -0.3 is 15.8 Å². The van der Waals surface area contributed by atoms with E-state index in [-0.39, 0.29) is 12.6 Å². The van der Waals surface area contributed by atoms with Crippen LogP contribution in [0.4, 0.5) is 4.79 Å². The number of nitrogens with two attached hydrogens (primary N) is 1. The van der Waals surface area contributed by atoms with Crippen LogP contribution in [0, 0.1) is 0 Å². The maximum Gasteiger partial charge on any atom is 0.407 e. The third kappa shape index (κ3) is 3.00. The van der Waals surface area contributed by atoms with Gasteiger partial charge in [-0.05, 0) is 13.0 Å². The van der Waals surface area contributed by atoms with Crippen molar-refractivity contribution < 1.29 is 9.53 Å². The molecule has 0 saturated carbocycles. The number of carbonyl (C=O) groups excluding carboxylic acids is 1. The van der Waals surface area contributed by atoms with Crippen molar-refractivity contribution in [1.29, 1.82) is 0 Å². The molecular formula is C14H17N3O2. The largest absolute Gasteiger partial charge is 0.450 e. The van der Waals surface area contributed by atoms with Crippen molar-refractivity contribution in [2.45, 2.75) is 13.0 Å². The predicted molar refractivity (Wildman–Crippen MR) is 73.7 cm³/mol. The van der Waals surface area contributed by atoms with E-state index in [2.05, 4.69) is 10.3 Å². The van der Waals surface area contributed by atoms with E-state index in [4.69, 9.17) is 10.5 Å². The maximum absolute atomic E-state index is 11.5. The Hall–Kier alpha value is -2.14. The molecule has 1 aromatic carbocycles. The topological polar surface area (TPSA) is 77.2 Å². The number of rotatable bonds is 4. The molecule has 0 aliphatic rings. The monoisotopic (exact) mass is 259 g/mol. The normalized spacial score (nSPS) is 12.1. The number of para-hydroxylation sites is 1. The van der Waals surface area contributed by atoms with E-state index in [1.165, 1.54) is 0 Å². The average Bonchev–Trinajstić information content (AvgIpc) is 2.44. The van der Waals surface area contributed by atoms with Crippen LogP contribution in [-0.4, -0.2) is 24.2 Å². The third-order valence-corrected chi connectivity index (χ3v) is 2.84. The first-order valence-corrected chi connectivity index (χ1v) is 6.23. The van der Waals surface area contributed by atoms with Crippen LogP contribution in [0.15, 0.2) is 36.5 Å². The summed E-state index contributed by atoms with van der Waals surface area (Å²) in [4.78, 5) is 15.9. The van der Waals surface area contributed by atoms with E-state index in [1.54, 1.807) is 13.1 Å². The summed E-state index contributed by atoms with van der Waals surface area (Å²) in [7, 11) is 0. The summed E-state index contributed by atoms with van der Waals surface area (Å²) in [5, 5.41) is 3.77. The first kappa shape index (κ1) is 13.3. The number of alkyl carbamates (subject to hydrolysis) is 1. The molecule has 1 amide bonds. The quantitative estimate of drug-likeness (QED) is 0.880. The summed E-state index contributed by atoms with van der Waals surface area (Å²) in [6, 6.07) is 9.36. The lowest BCUT2D eigenvalue weighted by atomic mass is 10.0. The average molecular weight is 259 g/mol. The standard InChI is InChI=1S/C14H17N3O2/c1-2-19-14(18)17-12(9-15)11-7-3-5-10-6-4-8-16-13(10)11/h3-8,12H,2,9,15H2,1H3,(H,17,18). The first-order valence-electron chi connectivity index (χ1n) is 6.23. The summed E-state index contributed by atoms with van der Waals surface area (Å²) in [5.41, 5.74) is 7.48. The molecular weight excluding hydrogens is 242 g/mol. The number of aromatic nitrogens is 1. The van der Waals surface area contributed by atoms with Crippen molar-refractivity contribution in [3.05, 3.63) is 42.1 Å². The van der Waals surface area contributed by atoms with E-state index in [0.29, 0.717) is 6.61 Å². The summed E-state index contributed by atoms with van der Waals surface area (Å²) >= 11 is 0. The van der Waals surface area contributed by atoms with E-state index >= 15 is 0 Å². The van der Waals surface area contributed by atoms with Gasteiger partial charge in [0, 0.05) is 23.7 Å². The second-order valence-electron chi connectivity index (χ2n) is 4.08. The van der Waals surface area contributed by atoms with Crippen molar-refractivity contribution >= 4 is 17.0 Å². The van der Waals surface area contributed by atoms with Gasteiger partial charge in [0.15, 0.2) is 0 Å². The highest BCUT2D eigenvalue weighted by Crippen LogP contribution is 2.21. The zero-order valence-electron chi connectivity index (χ0n) is 10.8. The molecule has 5 nitrogen and oxygen atoms in total. The number of amides is 1. The van der Waals surface area contributed by atoms with Crippen LogP contribution < -0.4 is 11.1 Å². The first-order chi connectivity index (χ1) is 9.26. The van der Waals surface area contributed by atoms with Gasteiger partial charge in [-0.25, -0.2) is 4.79 Å². The van der Waals surface area contributed by atoms with E-state index in [1.807, 2.05) is 30.3 Å². The van der Waals surface area contributed by atoms with Crippen molar-refractivity contribution in [2.75, 3.05) is 13.2 Å². The number of pyridine rings is 1. The molecule has 5 heteroatoms. The van der Waals surface area contributed by atoms with Gasteiger partial charge in [-0.15, -0.1) is 0 Å². The Morgan fingerprint density at radius 3 is 2.95 bits per heavy atom. The molecule has 0 fully saturated rings. The summed E-state index contributed by atoms with van der Waals surface area (Å²) in [6.45, 7) is 2.38. The minimum Gasteiger partial charge on any atom is -0.450 e. The molecule has 0 radical (unpaired) electrons. The molecule has 1 aromatic heterocycles. The molecule has 0 bridgehead atoms. The fraction of sp³-hybridized carbons (Fsp3) is 0.286. The summed E-state index contributed by atoms with van der Waals surface area (Å²) < 4.78 is 4.88. The van der Waals surface area contributed by atoms with Gasteiger partial charge in [0.2, 0.25) is 0 Å². The van der Waals surface area contributed by atoms with E-state index in [9.17, 15) is 4.79 Å². The number of carbonyl (C=O) groups is 1. The van der Waals surface area contributed by atoms with Crippen LogP contribution in [-0.2, 0) is 4.74 Å². The minimum atomic E-state index is -0.467. The number of hydrogen-bond donors (Lipinski definition) is 2. The maximum atomic E-state index is 11.5. The van der Waals surface area contributed by atoms with Gasteiger partial charge >= 0.3 is 6.09 Å². The van der Waals surface area contributed by atoms with Crippen LogP contribution in [0.2, 0.25) is 0 Å². The number of ether oxygens (including phenoxy) is 1. The van der Waals surface area contributed by atoms with E-state index in [0.717, 1.165) is 16.5 Å². The van der Waals surface area contributed by atoms with Crippen LogP contribution in [0.1, 0.15) is 18.5 Å². The third-order valence-electron chi connectivity index (χ3n) is 2.84. The van der Waals surface area contributed by atoms with Gasteiger partial charge in [0.25, 0.3) is 0 Å². The minimum absolute atomic E-state index is 0.286. The van der Waals surface area contributed by atoms with Crippen LogP contribution in [0.5, 0.6) is 0 Å². The van der Waals surface area contributed by atoms with Gasteiger partial charge in [0.1, 0.15) is 0 Å². The van der Waals surface area contributed by atoms with Gasteiger partial charge in [-0.2, -0.15) is 0 Å². The Bertz CT molecular complexity index is 566. The predicted octanol–water partition coefficient (Wildman–Crippen LogP) is 1.98. The zero-order valence-corrected chi connectivity index (χ0v) is 10.8. The van der Waals surface area contributed by atoms with Gasteiger partial charge in [0.05, 0.1) is 18.2 Å². The lowest BCUT2D eigenvalue weighted by Gasteiger charge is -2.18. The molecule has 1 atom stereocenters. The van der Waals surface area contributed by atoms with Crippen LogP contribution in [0.25, 0.3) is 10.9 Å². The Labute approximate surface area is 111 Å². The number of benzene rings is 1. The Balaban J connectivity index is 2.32. The fourth-order valence-electron chi connectivity index (χ4n) is 1.99. The number of nitrogens with one attached hydrogen (secondary N) is 1. The smallest absolute Gasteiger partial charge is 0.407 e. The molecule has 0 spiro atoms. The molecule has 3 N–H and O–H groups in total. The van der Waals surface area contributed by atoms with Crippen LogP contribution in [0.3, 0.4) is 0 Å². The van der Waals surface area contributed by atoms with Crippen molar-refractivity contribution in [3.63, 3.8) is 0 Å². The highest BCUT2D eigenvalue weighted by Gasteiger charge is 2.16. The van der Waals surface area contributed by atoms with Crippen molar-refractivity contribution in [3.8, 4) is 0 Å². The number of nitrogens with zero attached hydrogens (tertiary/aromatic N) is 1. The molecule has 2 rings (SSSR count). The summed E-state index contributed by atoms with van der Waals surface area (Å²) in [5.74, 6) is 0. The van der Waals surface area contributed by atoms with Crippen molar-refractivity contribution in [1.82, 2.24) is 10.3 Å². The zero-order chi connectivity index (χ0) is 13.7. The number of fused-ring (bicyclic) bond motifs is 1. The second kappa shape index (κ2) is 6.15. The van der Waals surface area contributed by atoms with Gasteiger partial charge in [-0.3, -0.25) is 4.98 Å². The SMILES string of the molecule is CCOC(=O)NC(CN)c1cccc2cccnc12. The fourth-order valence-corrected chi connectivity index (χ4v) is 1.99. The van der Waals surface area contributed by atoms with Crippen LogP contribution >= 0.6 is 0 Å². The molecule has 19 heavy (non-hydrogen) atoms. The highest BCUT2D eigenvalue weighted by atomic mass is 16.5. The molecule has 1 heterocycles. The second-order valence-corrected chi connectivity index (χ2v) is 4.08. The van der Waals surface area contributed by atoms with E-state index < -0.39 is 6.09 Å². The molecule has 100 valence electrons. The molecule has 2 aromatic rings. The van der Waals surface area contributed by atoms with Gasteiger partial charge in [-0.1, -0.05) is 24.3 Å². The molecule has 0 aliphatic carbocycles. The molecule has 1 unspecified atom stereocenters. The Morgan fingerprint density at radius 1 is 1.42 bits per heavy atom. The van der Waals surface area contributed by atoms with Crippen molar-refractivity contribution in [2.24, 2.45) is 5.73 Å². The molecule has 0 saturated heterocycles. The lowest BCUT2D eigenvalue weighted by Crippen LogP contribution is -2.34. The summed E-state index contributed by atoms with van der Waals surface area (Å²) in [6.07, 6.45) is 1.26. The lowest BCUT2D eigenvalue weighted by molar-refractivity contribution is 0.148. The Morgan fingerprint density at radius 2 is 2.21 bits per heavy atom. The highest BCUT2D eigenvalue weighted by molar-refractivity contribution is 5.82. The molecule has 0 aliphatic heterocycles. The Kier molecular flexibility index (Phi) is 4.30. The number of hydrogen-bond acceptors (Lipinski definition) is 4.